The van der Waals surface area contributed by atoms with E-state index in [9.17, 15) is 0 Å². The standard InChI is InChI=1S/C44H40N4/c1-23-21-22-35-36(24(23)2)40-28(6)44-34-20-14-13-19-33(34)42(48(44)8)26(4)38-30-16-10-9-15-29(30)37(45-38)25(3)41-31-17-11-12-18-32(31)43(47(41)7)27(5)39(35)46-40/h9-22,45-46H,1-8H3. The number of aromatic nitrogens is 4. The summed E-state index contributed by atoms with van der Waals surface area (Å²) in [6, 6.07) is 31.3. The first-order valence-corrected chi connectivity index (χ1v) is 16.9. The zero-order valence-corrected chi connectivity index (χ0v) is 29.0. The van der Waals surface area contributed by atoms with Crippen LogP contribution in [-0.2, 0) is 14.1 Å². The Bertz CT molecular complexity index is 2960. The number of benzene rings is 4. The van der Waals surface area contributed by atoms with Crippen LogP contribution >= 0.6 is 0 Å². The molecule has 4 heteroatoms. The molecule has 9 rings (SSSR count). The lowest BCUT2D eigenvalue weighted by Gasteiger charge is -2.07. The number of aromatic amines is 2. The number of rotatable bonds is 0. The molecule has 1 aliphatic rings. The maximum atomic E-state index is 4.05. The highest BCUT2D eigenvalue weighted by Gasteiger charge is 2.22. The summed E-state index contributed by atoms with van der Waals surface area (Å²) < 4.78 is 4.85. The van der Waals surface area contributed by atoms with Gasteiger partial charge in [0.05, 0.1) is 44.2 Å². The van der Waals surface area contributed by atoms with Crippen LogP contribution in [0.15, 0.2) is 84.9 Å². The summed E-state index contributed by atoms with van der Waals surface area (Å²) in [6.07, 6.45) is 0. The molecule has 4 nitrogen and oxygen atoms in total. The third-order valence-corrected chi connectivity index (χ3v) is 11.4. The van der Waals surface area contributed by atoms with Crippen LogP contribution in [0.5, 0.6) is 0 Å². The number of aryl methyl sites for hydroxylation is 2. The average Bonchev–Trinajstić information content (AvgIpc) is 3.82. The molecule has 0 fully saturated rings. The zero-order valence-electron chi connectivity index (χ0n) is 29.0. The molecule has 0 aliphatic carbocycles. The normalized spacial score (nSPS) is 13.7. The fraction of sp³-hybridized carbons (Fsp3) is 0.182. The average molecular weight is 625 g/mol. The van der Waals surface area contributed by atoms with Crippen LogP contribution in [0.1, 0.15) is 61.6 Å². The van der Waals surface area contributed by atoms with Crippen molar-refractivity contribution in [3.05, 3.63) is 140 Å². The van der Waals surface area contributed by atoms with Gasteiger partial charge in [-0.1, -0.05) is 84.9 Å². The van der Waals surface area contributed by atoms with Crippen molar-refractivity contribution in [2.75, 3.05) is 0 Å². The van der Waals surface area contributed by atoms with E-state index in [-0.39, 0.29) is 0 Å². The molecule has 4 aromatic heterocycles. The summed E-state index contributed by atoms with van der Waals surface area (Å²) >= 11 is 0. The van der Waals surface area contributed by atoms with Crippen molar-refractivity contribution in [2.45, 2.75) is 41.5 Å². The van der Waals surface area contributed by atoms with Gasteiger partial charge in [0, 0.05) is 57.2 Å². The van der Waals surface area contributed by atoms with Gasteiger partial charge in [0.15, 0.2) is 0 Å². The second kappa shape index (κ2) is 10.0. The molecule has 0 unspecified atom stereocenters. The number of hydrogen-bond acceptors (Lipinski definition) is 0. The predicted octanol–water partition coefficient (Wildman–Crippen LogP) is 7.44. The Morgan fingerprint density at radius 3 is 1.12 bits per heavy atom. The molecular formula is C44H40N4. The van der Waals surface area contributed by atoms with E-state index in [1.807, 2.05) is 0 Å². The van der Waals surface area contributed by atoms with Crippen molar-refractivity contribution in [2.24, 2.45) is 14.1 Å². The Kier molecular flexibility index (Phi) is 5.99. The second-order valence-corrected chi connectivity index (χ2v) is 13.8. The number of H-pyrrole nitrogens is 2. The van der Waals surface area contributed by atoms with Gasteiger partial charge < -0.3 is 19.1 Å². The Labute approximate surface area is 279 Å². The fourth-order valence-corrected chi connectivity index (χ4v) is 8.97. The van der Waals surface area contributed by atoms with Gasteiger partial charge in [-0.25, -0.2) is 0 Å². The number of hydrogen-bond donors (Lipinski definition) is 2. The number of nitrogens with one attached hydrogen (secondary N) is 2. The van der Waals surface area contributed by atoms with Crippen molar-refractivity contribution >= 4 is 65.4 Å². The third-order valence-electron chi connectivity index (χ3n) is 11.4. The van der Waals surface area contributed by atoms with Gasteiger partial charge in [-0.3, -0.25) is 0 Å². The fourth-order valence-electron chi connectivity index (χ4n) is 8.97. The highest BCUT2D eigenvalue weighted by molar-refractivity contribution is 6.05. The van der Waals surface area contributed by atoms with E-state index in [0.717, 1.165) is 0 Å². The molecule has 0 radical (unpaired) electrons. The van der Waals surface area contributed by atoms with Crippen LogP contribution in [0.4, 0.5) is 0 Å². The minimum Gasteiger partial charge on any atom is -0.354 e. The lowest BCUT2D eigenvalue weighted by molar-refractivity contribution is 0.854. The Morgan fingerprint density at radius 2 is 0.708 bits per heavy atom. The van der Waals surface area contributed by atoms with Gasteiger partial charge in [-0.05, 0) is 75.0 Å². The molecule has 0 spiro atoms. The van der Waals surface area contributed by atoms with E-state index >= 15 is 0 Å². The maximum absolute atomic E-state index is 4.05. The third kappa shape index (κ3) is 3.60. The first-order valence-electron chi connectivity index (χ1n) is 16.9. The minimum atomic E-state index is 1.17. The summed E-state index contributed by atoms with van der Waals surface area (Å²) in [5.74, 6) is 0. The van der Waals surface area contributed by atoms with Crippen LogP contribution in [0.3, 0.4) is 0 Å². The first kappa shape index (κ1) is 28.7. The molecule has 8 aromatic rings. The van der Waals surface area contributed by atoms with Crippen LogP contribution in [0, 0.1) is 13.8 Å². The topological polar surface area (TPSA) is 41.4 Å². The van der Waals surface area contributed by atoms with Crippen LogP contribution in [0.2, 0.25) is 0 Å². The Hall–Kier alpha value is -5.48. The zero-order chi connectivity index (χ0) is 33.2. The van der Waals surface area contributed by atoms with E-state index in [2.05, 4.69) is 160 Å². The van der Waals surface area contributed by atoms with E-state index in [4.69, 9.17) is 0 Å². The van der Waals surface area contributed by atoms with Crippen molar-refractivity contribution in [1.82, 2.24) is 19.1 Å². The molecule has 48 heavy (non-hydrogen) atoms. The van der Waals surface area contributed by atoms with Crippen molar-refractivity contribution in [1.29, 1.82) is 0 Å². The molecular weight excluding hydrogens is 585 g/mol. The number of nitrogens with zero attached hydrogens (tertiary/aromatic N) is 2. The molecule has 0 amide bonds. The van der Waals surface area contributed by atoms with Crippen molar-refractivity contribution < 1.29 is 0 Å². The molecule has 8 bridgehead atoms. The largest absolute Gasteiger partial charge is 0.354 e. The van der Waals surface area contributed by atoms with E-state index in [0.29, 0.717) is 0 Å². The molecule has 2 N–H and O–H groups in total. The molecule has 4 aromatic carbocycles. The quantitative estimate of drug-likeness (QED) is 0.176. The lowest BCUT2D eigenvalue weighted by atomic mass is 9.97. The highest BCUT2D eigenvalue weighted by atomic mass is 15.0. The highest BCUT2D eigenvalue weighted by Crippen LogP contribution is 2.35. The smallest absolute Gasteiger partial charge is 0.0539 e. The molecule has 0 atom stereocenters. The van der Waals surface area contributed by atoms with Crippen LogP contribution < -0.4 is 21.4 Å². The van der Waals surface area contributed by atoms with Gasteiger partial charge in [0.2, 0.25) is 0 Å². The Morgan fingerprint density at radius 1 is 0.375 bits per heavy atom. The summed E-state index contributed by atoms with van der Waals surface area (Å²) in [7, 11) is 4.48. The molecule has 0 saturated heterocycles. The van der Waals surface area contributed by atoms with Crippen molar-refractivity contribution in [3.8, 4) is 0 Å². The SMILES string of the molecule is CC1=c2c3ccccc3c(n2C)=C(C)c2[nH]c(c3c(C)c(C)ccc23)C(C)=c2c3ccccc3c(n2C)=C(C)c2[nH]c1c1ccccc21. The second-order valence-electron chi connectivity index (χ2n) is 13.8. The number of fused-ring (bicyclic) bond motifs is 20. The van der Waals surface area contributed by atoms with Crippen molar-refractivity contribution in [3.63, 3.8) is 0 Å². The molecule has 1 aliphatic heterocycles. The van der Waals surface area contributed by atoms with E-state index in [1.54, 1.807) is 0 Å². The van der Waals surface area contributed by atoms with E-state index < -0.39 is 0 Å². The van der Waals surface area contributed by atoms with E-state index in [1.165, 1.54) is 121 Å². The minimum absolute atomic E-state index is 1.17. The predicted molar refractivity (Wildman–Crippen MR) is 203 cm³/mol. The van der Waals surface area contributed by atoms with Gasteiger partial charge in [0.1, 0.15) is 0 Å². The van der Waals surface area contributed by atoms with Gasteiger partial charge in [0.25, 0.3) is 0 Å². The van der Waals surface area contributed by atoms with Crippen LogP contribution in [0.25, 0.3) is 65.4 Å². The summed E-state index contributed by atoms with van der Waals surface area (Å²) in [5, 5.41) is 15.1. The van der Waals surface area contributed by atoms with Gasteiger partial charge in [-0.15, -0.1) is 0 Å². The molecule has 5 heterocycles. The first-order chi connectivity index (χ1) is 23.2. The summed E-state index contributed by atoms with van der Waals surface area (Å²) in [6.45, 7) is 13.7. The summed E-state index contributed by atoms with van der Waals surface area (Å²) in [4.78, 5) is 8.05. The Balaban J connectivity index is 1.64. The maximum Gasteiger partial charge on any atom is 0.0539 e. The molecule has 0 saturated carbocycles. The summed E-state index contributed by atoms with van der Waals surface area (Å²) in [5.41, 5.74) is 12.3. The van der Waals surface area contributed by atoms with Crippen LogP contribution in [-0.4, -0.2) is 19.1 Å². The van der Waals surface area contributed by atoms with Gasteiger partial charge in [-0.2, -0.15) is 0 Å². The molecule has 236 valence electrons. The lowest BCUT2D eigenvalue weighted by Crippen LogP contribution is -2.27. The van der Waals surface area contributed by atoms with Gasteiger partial charge >= 0.3 is 0 Å². The monoisotopic (exact) mass is 624 g/mol.